The third-order valence-electron chi connectivity index (χ3n) is 2.97. The molecule has 1 heterocycles. The van der Waals surface area contributed by atoms with E-state index in [0.29, 0.717) is 11.5 Å². The second-order valence-corrected chi connectivity index (χ2v) is 4.53. The van der Waals surface area contributed by atoms with Gasteiger partial charge in [0.05, 0.1) is 0 Å². The van der Waals surface area contributed by atoms with E-state index in [1.54, 1.807) is 6.07 Å². The highest BCUT2D eigenvalue weighted by molar-refractivity contribution is 5.95. The summed E-state index contributed by atoms with van der Waals surface area (Å²) in [6.07, 6.45) is 1.44. The standard InChI is InChI=1S/C15H16N2O2/c1-9-4-5-12(6-10(9)2)19-14-7-11(3)17-8-13(14)15(16)18/h4-8H,1-3H3,(H2,16,18). The molecule has 1 aromatic heterocycles. The zero-order valence-electron chi connectivity index (χ0n) is 11.2. The van der Waals surface area contributed by atoms with Crippen LogP contribution < -0.4 is 10.5 Å². The molecular formula is C15H16N2O2. The molecule has 0 aliphatic heterocycles. The first kappa shape index (κ1) is 13.1. The van der Waals surface area contributed by atoms with Gasteiger partial charge in [0, 0.05) is 18.0 Å². The summed E-state index contributed by atoms with van der Waals surface area (Å²) in [5.74, 6) is 0.561. The molecule has 2 aromatic rings. The number of benzene rings is 1. The van der Waals surface area contributed by atoms with Crippen LogP contribution in [-0.4, -0.2) is 10.9 Å². The van der Waals surface area contributed by atoms with Crippen LogP contribution in [0.1, 0.15) is 27.2 Å². The maximum Gasteiger partial charge on any atom is 0.254 e. The van der Waals surface area contributed by atoms with Crippen LogP contribution >= 0.6 is 0 Å². The Morgan fingerprint density at radius 2 is 1.89 bits per heavy atom. The lowest BCUT2D eigenvalue weighted by atomic mass is 10.1. The van der Waals surface area contributed by atoms with Crippen LogP contribution in [0.4, 0.5) is 0 Å². The SMILES string of the molecule is Cc1cc(Oc2ccc(C)c(C)c2)c(C(N)=O)cn1. The molecule has 0 aliphatic rings. The van der Waals surface area contributed by atoms with Crippen molar-refractivity contribution in [1.29, 1.82) is 0 Å². The fourth-order valence-electron chi connectivity index (χ4n) is 1.71. The zero-order valence-corrected chi connectivity index (χ0v) is 11.2. The van der Waals surface area contributed by atoms with Gasteiger partial charge in [-0.2, -0.15) is 0 Å². The molecule has 98 valence electrons. The van der Waals surface area contributed by atoms with Crippen LogP contribution in [-0.2, 0) is 0 Å². The Morgan fingerprint density at radius 3 is 2.53 bits per heavy atom. The van der Waals surface area contributed by atoms with Crippen LogP contribution in [0.25, 0.3) is 0 Å². The van der Waals surface area contributed by atoms with Crippen molar-refractivity contribution in [2.45, 2.75) is 20.8 Å². The summed E-state index contributed by atoms with van der Waals surface area (Å²) in [7, 11) is 0. The van der Waals surface area contributed by atoms with E-state index in [-0.39, 0.29) is 5.56 Å². The molecule has 2 N–H and O–H groups in total. The molecule has 1 amide bonds. The van der Waals surface area contributed by atoms with Crippen molar-refractivity contribution >= 4 is 5.91 Å². The largest absolute Gasteiger partial charge is 0.456 e. The summed E-state index contributed by atoms with van der Waals surface area (Å²) in [4.78, 5) is 15.4. The predicted octanol–water partition coefficient (Wildman–Crippen LogP) is 2.90. The Kier molecular flexibility index (Phi) is 3.51. The highest BCUT2D eigenvalue weighted by Crippen LogP contribution is 2.26. The molecular weight excluding hydrogens is 240 g/mol. The number of ether oxygens (including phenoxy) is 1. The Balaban J connectivity index is 2.39. The number of nitrogens with zero attached hydrogens (tertiary/aromatic N) is 1. The number of primary amides is 1. The first-order valence-electron chi connectivity index (χ1n) is 5.99. The summed E-state index contributed by atoms with van der Waals surface area (Å²) < 4.78 is 5.75. The van der Waals surface area contributed by atoms with Crippen LogP contribution in [0.3, 0.4) is 0 Å². The van der Waals surface area contributed by atoms with Crippen LogP contribution in [0.2, 0.25) is 0 Å². The molecule has 1 aromatic carbocycles. The molecule has 0 spiro atoms. The molecule has 4 nitrogen and oxygen atoms in total. The second-order valence-electron chi connectivity index (χ2n) is 4.53. The second kappa shape index (κ2) is 5.10. The summed E-state index contributed by atoms with van der Waals surface area (Å²) in [6.45, 7) is 5.87. The first-order chi connectivity index (χ1) is 8.97. The van der Waals surface area contributed by atoms with E-state index in [0.717, 1.165) is 11.3 Å². The van der Waals surface area contributed by atoms with E-state index in [1.165, 1.54) is 11.8 Å². The summed E-state index contributed by atoms with van der Waals surface area (Å²) >= 11 is 0. The fourth-order valence-corrected chi connectivity index (χ4v) is 1.71. The lowest BCUT2D eigenvalue weighted by Crippen LogP contribution is -2.13. The van der Waals surface area contributed by atoms with Gasteiger partial charge in [-0.15, -0.1) is 0 Å². The normalized spacial score (nSPS) is 10.3. The van der Waals surface area contributed by atoms with Crippen LogP contribution in [0, 0.1) is 20.8 Å². The van der Waals surface area contributed by atoms with Crippen molar-refractivity contribution in [1.82, 2.24) is 4.98 Å². The smallest absolute Gasteiger partial charge is 0.254 e. The van der Waals surface area contributed by atoms with Gasteiger partial charge in [0.1, 0.15) is 17.1 Å². The highest BCUT2D eigenvalue weighted by atomic mass is 16.5. The van der Waals surface area contributed by atoms with E-state index >= 15 is 0 Å². The zero-order chi connectivity index (χ0) is 14.0. The number of aryl methyl sites for hydroxylation is 3. The van der Waals surface area contributed by atoms with Gasteiger partial charge in [-0.25, -0.2) is 0 Å². The maximum absolute atomic E-state index is 11.3. The van der Waals surface area contributed by atoms with Crippen LogP contribution in [0.5, 0.6) is 11.5 Å². The maximum atomic E-state index is 11.3. The van der Waals surface area contributed by atoms with E-state index in [2.05, 4.69) is 4.98 Å². The summed E-state index contributed by atoms with van der Waals surface area (Å²) in [5, 5.41) is 0. The Hall–Kier alpha value is -2.36. The molecule has 19 heavy (non-hydrogen) atoms. The fraction of sp³-hybridized carbons (Fsp3) is 0.200. The molecule has 0 fully saturated rings. The predicted molar refractivity (Wildman–Crippen MR) is 73.5 cm³/mol. The van der Waals surface area contributed by atoms with Crippen molar-refractivity contribution in [2.75, 3.05) is 0 Å². The Bertz CT molecular complexity index is 636. The highest BCUT2D eigenvalue weighted by Gasteiger charge is 2.11. The first-order valence-corrected chi connectivity index (χ1v) is 5.99. The van der Waals surface area contributed by atoms with Crippen LogP contribution in [0.15, 0.2) is 30.5 Å². The Morgan fingerprint density at radius 1 is 1.16 bits per heavy atom. The summed E-state index contributed by atoms with van der Waals surface area (Å²) in [5.41, 5.74) is 8.68. The molecule has 0 saturated carbocycles. The minimum absolute atomic E-state index is 0.281. The number of hydrogen-bond acceptors (Lipinski definition) is 3. The molecule has 4 heteroatoms. The lowest BCUT2D eigenvalue weighted by molar-refractivity contribution is 0.0997. The van der Waals surface area contributed by atoms with E-state index in [9.17, 15) is 4.79 Å². The molecule has 0 unspecified atom stereocenters. The number of pyridine rings is 1. The van der Waals surface area contributed by atoms with Crippen molar-refractivity contribution in [3.63, 3.8) is 0 Å². The van der Waals surface area contributed by atoms with Gasteiger partial charge in [0.2, 0.25) is 0 Å². The van der Waals surface area contributed by atoms with E-state index < -0.39 is 5.91 Å². The number of amides is 1. The third-order valence-corrected chi connectivity index (χ3v) is 2.97. The molecule has 0 saturated heterocycles. The van der Waals surface area contributed by atoms with Crippen molar-refractivity contribution in [3.8, 4) is 11.5 Å². The number of hydrogen-bond donors (Lipinski definition) is 1. The Labute approximate surface area is 112 Å². The minimum atomic E-state index is -0.550. The third kappa shape index (κ3) is 2.91. The number of nitrogens with two attached hydrogens (primary N) is 1. The number of carbonyl (C=O) groups is 1. The van der Waals surface area contributed by atoms with Gasteiger partial charge in [-0.3, -0.25) is 9.78 Å². The number of aromatic nitrogens is 1. The van der Waals surface area contributed by atoms with Crippen molar-refractivity contribution in [3.05, 3.63) is 52.8 Å². The number of rotatable bonds is 3. The van der Waals surface area contributed by atoms with Crippen molar-refractivity contribution in [2.24, 2.45) is 5.73 Å². The monoisotopic (exact) mass is 256 g/mol. The van der Waals surface area contributed by atoms with Gasteiger partial charge in [0.25, 0.3) is 5.91 Å². The van der Waals surface area contributed by atoms with Gasteiger partial charge in [-0.05, 0) is 44.0 Å². The molecule has 2 rings (SSSR count). The van der Waals surface area contributed by atoms with Gasteiger partial charge < -0.3 is 10.5 Å². The molecule has 0 aliphatic carbocycles. The van der Waals surface area contributed by atoms with Crippen molar-refractivity contribution < 1.29 is 9.53 Å². The van der Waals surface area contributed by atoms with Gasteiger partial charge in [0.15, 0.2) is 0 Å². The number of carbonyl (C=O) groups excluding carboxylic acids is 1. The molecule has 0 atom stereocenters. The van der Waals surface area contributed by atoms with Gasteiger partial charge >= 0.3 is 0 Å². The molecule has 0 radical (unpaired) electrons. The molecule has 0 bridgehead atoms. The minimum Gasteiger partial charge on any atom is -0.456 e. The quantitative estimate of drug-likeness (QED) is 0.918. The average Bonchev–Trinajstić information content (AvgIpc) is 2.33. The van der Waals surface area contributed by atoms with E-state index in [4.69, 9.17) is 10.5 Å². The van der Waals surface area contributed by atoms with Gasteiger partial charge in [-0.1, -0.05) is 6.07 Å². The average molecular weight is 256 g/mol. The topological polar surface area (TPSA) is 65.2 Å². The summed E-state index contributed by atoms with van der Waals surface area (Å²) in [6, 6.07) is 7.47. The van der Waals surface area contributed by atoms with E-state index in [1.807, 2.05) is 39.0 Å². The lowest BCUT2D eigenvalue weighted by Gasteiger charge is -2.11.